The van der Waals surface area contributed by atoms with Gasteiger partial charge in [-0.15, -0.1) is 11.3 Å². The predicted octanol–water partition coefficient (Wildman–Crippen LogP) is 3.19. The van der Waals surface area contributed by atoms with Gasteiger partial charge in [-0.3, -0.25) is 4.90 Å². The molecule has 0 aliphatic heterocycles. The molecule has 0 atom stereocenters. The lowest BCUT2D eigenvalue weighted by Crippen LogP contribution is -2.20. The third-order valence-corrected chi connectivity index (χ3v) is 3.44. The second-order valence-corrected chi connectivity index (χ2v) is 5.06. The maximum absolute atomic E-state index is 6.10. The summed E-state index contributed by atoms with van der Waals surface area (Å²) in [7, 11) is 2.07. The van der Waals surface area contributed by atoms with Crippen molar-refractivity contribution in [2.75, 3.05) is 13.6 Å². The number of halogens is 1. The fourth-order valence-corrected chi connectivity index (χ4v) is 2.72. The molecule has 2 heterocycles. The molecule has 16 heavy (non-hydrogen) atoms. The van der Waals surface area contributed by atoms with Crippen molar-refractivity contribution in [2.45, 2.75) is 19.9 Å². The molecule has 2 aromatic heterocycles. The van der Waals surface area contributed by atoms with Gasteiger partial charge in [0, 0.05) is 5.39 Å². The van der Waals surface area contributed by atoms with E-state index in [1.807, 2.05) is 11.4 Å². The smallest absolute Gasteiger partial charge is 0.145 e. The zero-order valence-electron chi connectivity index (χ0n) is 9.40. The molecule has 0 saturated heterocycles. The molecule has 0 fully saturated rings. The second-order valence-electron chi connectivity index (χ2n) is 3.81. The summed E-state index contributed by atoms with van der Waals surface area (Å²) >= 11 is 7.70. The minimum Gasteiger partial charge on any atom is -0.299 e. The zero-order valence-corrected chi connectivity index (χ0v) is 11.0. The molecule has 2 aromatic rings. The minimum atomic E-state index is 0.561. The third kappa shape index (κ3) is 2.51. The molecular weight excluding hydrogens is 242 g/mol. The van der Waals surface area contributed by atoms with E-state index in [1.54, 1.807) is 11.3 Å². The first-order chi connectivity index (χ1) is 7.70. The summed E-state index contributed by atoms with van der Waals surface area (Å²) in [6, 6.07) is 1.96. The Kier molecular flexibility index (Phi) is 3.74. The molecule has 0 unspecified atom stereocenters. The van der Waals surface area contributed by atoms with Crippen LogP contribution in [0.4, 0.5) is 0 Å². The van der Waals surface area contributed by atoms with Crippen LogP contribution in [0.25, 0.3) is 10.2 Å². The molecule has 0 bridgehead atoms. The average molecular weight is 256 g/mol. The van der Waals surface area contributed by atoms with E-state index in [-0.39, 0.29) is 0 Å². The van der Waals surface area contributed by atoms with Gasteiger partial charge in [0.05, 0.1) is 6.54 Å². The number of nitrogens with zero attached hydrogens (tertiary/aromatic N) is 3. The van der Waals surface area contributed by atoms with Crippen molar-refractivity contribution < 1.29 is 0 Å². The molecule has 0 saturated carbocycles. The molecule has 86 valence electrons. The van der Waals surface area contributed by atoms with Gasteiger partial charge in [0.25, 0.3) is 0 Å². The maximum atomic E-state index is 6.10. The van der Waals surface area contributed by atoms with Crippen molar-refractivity contribution in [3.8, 4) is 0 Å². The van der Waals surface area contributed by atoms with E-state index in [0.717, 1.165) is 35.6 Å². The van der Waals surface area contributed by atoms with Crippen molar-refractivity contribution in [2.24, 2.45) is 0 Å². The lowest BCUT2D eigenvalue weighted by Gasteiger charge is -2.14. The predicted molar refractivity (Wildman–Crippen MR) is 69.1 cm³/mol. The Morgan fingerprint density at radius 2 is 2.25 bits per heavy atom. The summed E-state index contributed by atoms with van der Waals surface area (Å²) in [5.41, 5.74) is 0. The molecule has 2 rings (SSSR count). The Bertz CT molecular complexity index is 483. The number of aromatic nitrogens is 2. The van der Waals surface area contributed by atoms with Crippen molar-refractivity contribution in [3.05, 3.63) is 22.4 Å². The Hall–Kier alpha value is -0.710. The van der Waals surface area contributed by atoms with Crippen LogP contribution in [0.5, 0.6) is 0 Å². The maximum Gasteiger partial charge on any atom is 0.145 e. The first-order valence-corrected chi connectivity index (χ1v) is 6.54. The molecule has 0 radical (unpaired) electrons. The van der Waals surface area contributed by atoms with Crippen LogP contribution in [0, 0.1) is 0 Å². The van der Waals surface area contributed by atoms with Crippen LogP contribution in [0.2, 0.25) is 5.15 Å². The van der Waals surface area contributed by atoms with Gasteiger partial charge in [-0.05, 0) is 31.5 Å². The standard InChI is InChI=1S/C11H14ClN3S/c1-3-5-15(2)7-9-13-10(12)8-4-6-16-11(8)14-9/h4,6H,3,5,7H2,1-2H3. The van der Waals surface area contributed by atoms with Crippen LogP contribution in [-0.4, -0.2) is 28.5 Å². The van der Waals surface area contributed by atoms with E-state index >= 15 is 0 Å². The number of hydrogen-bond acceptors (Lipinski definition) is 4. The Morgan fingerprint density at radius 1 is 1.44 bits per heavy atom. The minimum absolute atomic E-state index is 0.561. The van der Waals surface area contributed by atoms with E-state index in [0.29, 0.717) is 5.15 Å². The van der Waals surface area contributed by atoms with Gasteiger partial charge in [-0.1, -0.05) is 18.5 Å². The van der Waals surface area contributed by atoms with Crippen LogP contribution in [0.3, 0.4) is 0 Å². The molecule has 0 spiro atoms. The SMILES string of the molecule is CCCN(C)Cc1nc(Cl)c2ccsc2n1. The highest BCUT2D eigenvalue weighted by atomic mass is 35.5. The zero-order chi connectivity index (χ0) is 11.5. The molecular formula is C11H14ClN3S. The number of rotatable bonds is 4. The van der Waals surface area contributed by atoms with Crippen LogP contribution >= 0.6 is 22.9 Å². The summed E-state index contributed by atoms with van der Waals surface area (Å²) in [5.74, 6) is 0.802. The molecule has 0 amide bonds. The molecule has 0 aliphatic carbocycles. The molecule has 0 aromatic carbocycles. The number of fused-ring (bicyclic) bond motifs is 1. The van der Waals surface area contributed by atoms with E-state index in [9.17, 15) is 0 Å². The van der Waals surface area contributed by atoms with Crippen LogP contribution < -0.4 is 0 Å². The summed E-state index contributed by atoms with van der Waals surface area (Å²) in [6.07, 6.45) is 1.13. The summed E-state index contributed by atoms with van der Waals surface area (Å²) in [5, 5.41) is 3.50. The van der Waals surface area contributed by atoms with E-state index in [1.165, 1.54) is 0 Å². The quantitative estimate of drug-likeness (QED) is 0.786. The first-order valence-electron chi connectivity index (χ1n) is 5.29. The van der Waals surface area contributed by atoms with Crippen molar-refractivity contribution >= 4 is 33.2 Å². The van der Waals surface area contributed by atoms with Gasteiger partial charge < -0.3 is 0 Å². The van der Waals surface area contributed by atoms with Gasteiger partial charge >= 0.3 is 0 Å². The molecule has 5 heteroatoms. The van der Waals surface area contributed by atoms with Crippen molar-refractivity contribution in [1.29, 1.82) is 0 Å². The summed E-state index contributed by atoms with van der Waals surface area (Å²) in [4.78, 5) is 12.0. The van der Waals surface area contributed by atoms with Gasteiger partial charge in [0.15, 0.2) is 0 Å². The topological polar surface area (TPSA) is 29.0 Å². The normalized spacial score (nSPS) is 11.5. The Balaban J connectivity index is 2.24. The lowest BCUT2D eigenvalue weighted by molar-refractivity contribution is 0.319. The van der Waals surface area contributed by atoms with E-state index < -0.39 is 0 Å². The van der Waals surface area contributed by atoms with Crippen LogP contribution in [0.15, 0.2) is 11.4 Å². The summed E-state index contributed by atoms with van der Waals surface area (Å²) in [6.45, 7) is 3.96. The highest BCUT2D eigenvalue weighted by Gasteiger charge is 2.08. The van der Waals surface area contributed by atoms with E-state index in [4.69, 9.17) is 11.6 Å². The van der Waals surface area contributed by atoms with Crippen LogP contribution in [0.1, 0.15) is 19.2 Å². The average Bonchev–Trinajstić information content (AvgIpc) is 2.66. The van der Waals surface area contributed by atoms with Gasteiger partial charge in [-0.25, -0.2) is 9.97 Å². The molecule has 0 N–H and O–H groups in total. The van der Waals surface area contributed by atoms with Gasteiger partial charge in [0.1, 0.15) is 15.8 Å². The van der Waals surface area contributed by atoms with Crippen molar-refractivity contribution in [3.63, 3.8) is 0 Å². The fourth-order valence-electron chi connectivity index (χ4n) is 1.63. The fraction of sp³-hybridized carbons (Fsp3) is 0.455. The number of thiophene rings is 1. The van der Waals surface area contributed by atoms with Crippen molar-refractivity contribution in [1.82, 2.24) is 14.9 Å². The lowest BCUT2D eigenvalue weighted by atomic mass is 10.4. The van der Waals surface area contributed by atoms with E-state index in [2.05, 4.69) is 28.8 Å². The van der Waals surface area contributed by atoms with Crippen LogP contribution in [-0.2, 0) is 6.54 Å². The first kappa shape index (κ1) is 11.8. The second kappa shape index (κ2) is 5.08. The highest BCUT2D eigenvalue weighted by molar-refractivity contribution is 7.16. The third-order valence-electron chi connectivity index (χ3n) is 2.34. The highest BCUT2D eigenvalue weighted by Crippen LogP contribution is 2.24. The Morgan fingerprint density at radius 3 is 3.00 bits per heavy atom. The summed E-state index contributed by atoms with van der Waals surface area (Å²) < 4.78 is 0. The molecule has 3 nitrogen and oxygen atoms in total. The Labute approximate surface area is 104 Å². The van der Waals surface area contributed by atoms with Gasteiger partial charge in [-0.2, -0.15) is 0 Å². The van der Waals surface area contributed by atoms with Gasteiger partial charge in [0.2, 0.25) is 0 Å². The monoisotopic (exact) mass is 255 g/mol. The number of hydrogen-bond donors (Lipinski definition) is 0. The largest absolute Gasteiger partial charge is 0.299 e. The molecule has 0 aliphatic rings.